The molecular formula is C16H16N2S. The number of anilines is 1. The molecule has 2 aromatic rings. The second kappa shape index (κ2) is 6.31. The Bertz CT molecular complexity index is 584. The van der Waals surface area contributed by atoms with Crippen LogP contribution in [0.25, 0.3) is 0 Å². The summed E-state index contributed by atoms with van der Waals surface area (Å²) in [6, 6.07) is 18.3. The number of rotatable bonds is 4. The Morgan fingerprint density at radius 1 is 1.11 bits per heavy atom. The highest BCUT2D eigenvalue weighted by Crippen LogP contribution is 2.28. The molecule has 2 rings (SSSR count). The predicted octanol–water partition coefficient (Wildman–Crippen LogP) is 4.45. The molecule has 0 amide bonds. The van der Waals surface area contributed by atoms with Crippen molar-refractivity contribution < 1.29 is 0 Å². The van der Waals surface area contributed by atoms with Crippen molar-refractivity contribution in [2.45, 2.75) is 17.9 Å². The third-order valence-corrected chi connectivity index (χ3v) is 3.81. The fourth-order valence-electron chi connectivity index (χ4n) is 1.93. The van der Waals surface area contributed by atoms with E-state index in [1.54, 1.807) is 11.8 Å². The van der Waals surface area contributed by atoms with Crippen molar-refractivity contribution in [3.05, 3.63) is 59.7 Å². The Balaban J connectivity index is 2.16. The predicted molar refractivity (Wildman–Crippen MR) is 81.4 cm³/mol. The molecule has 1 atom stereocenters. The van der Waals surface area contributed by atoms with Gasteiger partial charge in [-0.1, -0.05) is 24.3 Å². The lowest BCUT2D eigenvalue weighted by Crippen LogP contribution is -2.07. The van der Waals surface area contributed by atoms with Gasteiger partial charge in [0.05, 0.1) is 11.6 Å². The van der Waals surface area contributed by atoms with Crippen LogP contribution in [-0.2, 0) is 0 Å². The van der Waals surface area contributed by atoms with E-state index >= 15 is 0 Å². The van der Waals surface area contributed by atoms with E-state index in [2.05, 4.69) is 36.7 Å². The summed E-state index contributed by atoms with van der Waals surface area (Å²) >= 11 is 1.73. The quantitative estimate of drug-likeness (QED) is 0.832. The average molecular weight is 268 g/mol. The first kappa shape index (κ1) is 13.5. The van der Waals surface area contributed by atoms with Gasteiger partial charge < -0.3 is 5.32 Å². The molecule has 19 heavy (non-hydrogen) atoms. The lowest BCUT2D eigenvalue weighted by molar-refractivity contribution is 0.879. The fraction of sp³-hybridized carbons (Fsp3) is 0.188. The van der Waals surface area contributed by atoms with Crippen LogP contribution in [-0.4, -0.2) is 6.26 Å². The van der Waals surface area contributed by atoms with E-state index in [-0.39, 0.29) is 6.04 Å². The number of para-hydroxylation sites is 1. The van der Waals surface area contributed by atoms with Crippen LogP contribution in [0.1, 0.15) is 24.1 Å². The number of nitrogens with one attached hydrogen (secondary N) is 1. The van der Waals surface area contributed by atoms with E-state index in [1.165, 1.54) is 10.5 Å². The minimum Gasteiger partial charge on any atom is -0.378 e. The second-order valence-electron chi connectivity index (χ2n) is 4.30. The molecule has 3 heteroatoms. The fourth-order valence-corrected chi connectivity index (χ4v) is 2.49. The molecule has 2 aromatic carbocycles. The Labute approximate surface area is 118 Å². The van der Waals surface area contributed by atoms with Crippen molar-refractivity contribution >= 4 is 17.4 Å². The first-order valence-electron chi connectivity index (χ1n) is 6.14. The lowest BCUT2D eigenvalue weighted by atomic mass is 10.1. The van der Waals surface area contributed by atoms with Gasteiger partial charge in [-0.3, -0.25) is 0 Å². The average Bonchev–Trinajstić information content (AvgIpc) is 2.48. The number of nitrogens with zero attached hydrogens (tertiary/aromatic N) is 1. The number of benzene rings is 2. The maximum Gasteiger partial charge on any atom is 0.0991 e. The Kier molecular flexibility index (Phi) is 4.48. The molecular weight excluding hydrogens is 252 g/mol. The topological polar surface area (TPSA) is 35.8 Å². The minimum atomic E-state index is 0.209. The summed E-state index contributed by atoms with van der Waals surface area (Å²) in [6.45, 7) is 2.12. The van der Waals surface area contributed by atoms with Gasteiger partial charge in [-0.15, -0.1) is 11.8 Å². The second-order valence-corrected chi connectivity index (χ2v) is 5.15. The molecule has 2 nitrogen and oxygen atoms in total. The van der Waals surface area contributed by atoms with Crippen LogP contribution in [0, 0.1) is 11.3 Å². The molecule has 0 aromatic heterocycles. The smallest absolute Gasteiger partial charge is 0.0991 e. The van der Waals surface area contributed by atoms with Crippen molar-refractivity contribution in [1.29, 1.82) is 5.26 Å². The molecule has 0 aliphatic heterocycles. The minimum absolute atomic E-state index is 0.209. The summed E-state index contributed by atoms with van der Waals surface area (Å²) < 4.78 is 0. The monoisotopic (exact) mass is 268 g/mol. The maximum absolute atomic E-state index is 8.80. The summed E-state index contributed by atoms with van der Waals surface area (Å²) in [7, 11) is 0. The number of hydrogen-bond acceptors (Lipinski definition) is 3. The van der Waals surface area contributed by atoms with Crippen LogP contribution in [0.4, 0.5) is 5.69 Å². The van der Waals surface area contributed by atoms with E-state index < -0.39 is 0 Å². The largest absolute Gasteiger partial charge is 0.378 e. The zero-order valence-corrected chi connectivity index (χ0v) is 11.9. The number of nitriles is 1. The van der Waals surface area contributed by atoms with E-state index in [0.29, 0.717) is 5.56 Å². The van der Waals surface area contributed by atoms with Crippen LogP contribution >= 0.6 is 11.8 Å². The summed E-state index contributed by atoms with van der Waals surface area (Å²) in [5.74, 6) is 0. The molecule has 0 radical (unpaired) electrons. The summed E-state index contributed by atoms with van der Waals surface area (Å²) in [5, 5.41) is 12.3. The maximum atomic E-state index is 8.80. The van der Waals surface area contributed by atoms with E-state index in [9.17, 15) is 0 Å². The molecule has 0 fully saturated rings. The normalized spacial score (nSPS) is 11.6. The lowest BCUT2D eigenvalue weighted by Gasteiger charge is -2.17. The van der Waals surface area contributed by atoms with Crippen LogP contribution in [0.5, 0.6) is 0 Å². The van der Waals surface area contributed by atoms with Crippen molar-refractivity contribution in [3.8, 4) is 6.07 Å². The standard InChI is InChI=1S/C16H16N2S/c1-12(14-9-7-13(11-17)8-10-14)18-15-5-3-4-6-16(15)19-2/h3-10,12,18H,1-2H3. The number of thioether (sulfide) groups is 1. The molecule has 1 unspecified atom stereocenters. The molecule has 0 saturated carbocycles. The molecule has 0 spiro atoms. The zero-order valence-electron chi connectivity index (χ0n) is 11.1. The van der Waals surface area contributed by atoms with Crippen LogP contribution in [0.15, 0.2) is 53.4 Å². The van der Waals surface area contributed by atoms with Gasteiger partial charge in [0.2, 0.25) is 0 Å². The Hall–Kier alpha value is -1.92. The van der Waals surface area contributed by atoms with Crippen LogP contribution in [0.2, 0.25) is 0 Å². The van der Waals surface area contributed by atoms with Gasteiger partial charge in [0.1, 0.15) is 0 Å². The highest BCUT2D eigenvalue weighted by atomic mass is 32.2. The SMILES string of the molecule is CSc1ccccc1NC(C)c1ccc(C#N)cc1. The summed E-state index contributed by atoms with van der Waals surface area (Å²) in [4.78, 5) is 1.24. The van der Waals surface area contributed by atoms with E-state index in [1.807, 2.05) is 36.4 Å². The number of hydrogen-bond donors (Lipinski definition) is 1. The van der Waals surface area contributed by atoms with E-state index in [0.717, 1.165) is 5.69 Å². The van der Waals surface area contributed by atoms with Crippen molar-refractivity contribution in [1.82, 2.24) is 0 Å². The molecule has 0 heterocycles. The van der Waals surface area contributed by atoms with Gasteiger partial charge in [-0.05, 0) is 43.0 Å². The van der Waals surface area contributed by atoms with Gasteiger partial charge in [-0.2, -0.15) is 5.26 Å². The third-order valence-electron chi connectivity index (χ3n) is 3.02. The Morgan fingerprint density at radius 3 is 2.42 bits per heavy atom. The highest BCUT2D eigenvalue weighted by molar-refractivity contribution is 7.98. The molecule has 1 N–H and O–H groups in total. The van der Waals surface area contributed by atoms with Gasteiger partial charge >= 0.3 is 0 Å². The van der Waals surface area contributed by atoms with Gasteiger partial charge in [0.25, 0.3) is 0 Å². The Morgan fingerprint density at radius 2 is 1.79 bits per heavy atom. The summed E-state index contributed by atoms with van der Waals surface area (Å²) in [6.07, 6.45) is 2.08. The molecule has 0 saturated heterocycles. The highest BCUT2D eigenvalue weighted by Gasteiger charge is 2.07. The van der Waals surface area contributed by atoms with Gasteiger partial charge in [0, 0.05) is 16.6 Å². The van der Waals surface area contributed by atoms with Crippen molar-refractivity contribution in [2.75, 3.05) is 11.6 Å². The summed E-state index contributed by atoms with van der Waals surface area (Å²) in [5.41, 5.74) is 3.02. The van der Waals surface area contributed by atoms with Gasteiger partial charge in [0.15, 0.2) is 0 Å². The van der Waals surface area contributed by atoms with Crippen molar-refractivity contribution in [2.24, 2.45) is 0 Å². The first-order valence-corrected chi connectivity index (χ1v) is 7.36. The van der Waals surface area contributed by atoms with Crippen molar-refractivity contribution in [3.63, 3.8) is 0 Å². The molecule has 0 aliphatic rings. The first-order chi connectivity index (χ1) is 9.24. The van der Waals surface area contributed by atoms with Crippen LogP contribution in [0.3, 0.4) is 0 Å². The zero-order chi connectivity index (χ0) is 13.7. The third kappa shape index (κ3) is 3.30. The molecule has 0 bridgehead atoms. The molecule has 96 valence electrons. The van der Waals surface area contributed by atoms with Crippen LogP contribution < -0.4 is 5.32 Å². The van der Waals surface area contributed by atoms with Gasteiger partial charge in [-0.25, -0.2) is 0 Å². The van der Waals surface area contributed by atoms with E-state index in [4.69, 9.17) is 5.26 Å². The molecule has 0 aliphatic carbocycles.